The second-order valence-corrected chi connectivity index (χ2v) is 6.91. The normalized spacial score (nSPS) is 10.4. The number of ether oxygens (including phenoxy) is 3. The van der Waals surface area contributed by atoms with E-state index in [2.05, 4.69) is 15.6 Å². The molecule has 0 fully saturated rings. The number of carbonyl (C=O) groups is 2. The first kappa shape index (κ1) is 20.5. The molecule has 1 aromatic heterocycles. The molecule has 0 aliphatic rings. The van der Waals surface area contributed by atoms with Crippen molar-refractivity contribution < 1.29 is 23.8 Å². The summed E-state index contributed by atoms with van der Waals surface area (Å²) in [7, 11) is 3.07. The minimum absolute atomic E-state index is 0.0770. The Morgan fingerprint density at radius 3 is 2.56 bits per heavy atom. The van der Waals surface area contributed by atoms with E-state index in [0.29, 0.717) is 34.6 Å². The summed E-state index contributed by atoms with van der Waals surface area (Å²) in [5.41, 5.74) is 1.14. The van der Waals surface area contributed by atoms with Gasteiger partial charge < -0.3 is 19.5 Å². The molecular weight excluding hydrogens is 370 g/mol. The van der Waals surface area contributed by atoms with E-state index in [0.717, 1.165) is 0 Å². The van der Waals surface area contributed by atoms with Crippen molar-refractivity contribution in [2.45, 2.75) is 20.3 Å². The maximum Gasteiger partial charge on any atom is 0.413 e. The van der Waals surface area contributed by atoms with Gasteiger partial charge in [-0.15, -0.1) is 11.3 Å². The Bertz CT molecular complexity index is 791. The molecule has 0 aliphatic carbocycles. The molecule has 1 heterocycles. The number of hydrogen-bond acceptors (Lipinski definition) is 7. The second-order valence-electron chi connectivity index (χ2n) is 6.06. The van der Waals surface area contributed by atoms with Crippen LogP contribution in [0.3, 0.4) is 0 Å². The van der Waals surface area contributed by atoms with E-state index < -0.39 is 6.09 Å². The van der Waals surface area contributed by atoms with Gasteiger partial charge in [-0.25, -0.2) is 9.78 Å². The number of hydrogen-bond donors (Lipinski definition) is 2. The summed E-state index contributed by atoms with van der Waals surface area (Å²) in [6, 6.07) is 5.11. The molecule has 9 heteroatoms. The molecule has 0 saturated carbocycles. The van der Waals surface area contributed by atoms with E-state index in [1.54, 1.807) is 30.7 Å². The number of anilines is 2. The molecule has 0 saturated heterocycles. The Morgan fingerprint density at radius 2 is 1.89 bits per heavy atom. The molecule has 0 radical (unpaired) electrons. The number of carbonyl (C=O) groups excluding carboxylic acids is 2. The number of rotatable bonds is 8. The summed E-state index contributed by atoms with van der Waals surface area (Å²) < 4.78 is 15.4. The Balaban J connectivity index is 1.89. The monoisotopic (exact) mass is 393 g/mol. The third-order valence-corrected chi connectivity index (χ3v) is 4.12. The van der Waals surface area contributed by atoms with Crippen LogP contribution in [0.5, 0.6) is 11.5 Å². The van der Waals surface area contributed by atoms with Crippen LogP contribution in [0.4, 0.5) is 15.6 Å². The molecule has 2 aromatic rings. The van der Waals surface area contributed by atoms with Crippen molar-refractivity contribution in [1.29, 1.82) is 0 Å². The third kappa shape index (κ3) is 6.45. The predicted molar refractivity (Wildman–Crippen MR) is 104 cm³/mol. The van der Waals surface area contributed by atoms with Crippen LogP contribution in [-0.4, -0.2) is 37.8 Å². The lowest BCUT2D eigenvalue weighted by atomic mass is 10.2. The largest absolute Gasteiger partial charge is 0.493 e. The molecule has 2 amide bonds. The smallest absolute Gasteiger partial charge is 0.413 e. The lowest BCUT2D eigenvalue weighted by Gasteiger charge is -2.10. The van der Waals surface area contributed by atoms with Crippen LogP contribution >= 0.6 is 11.3 Å². The summed E-state index contributed by atoms with van der Waals surface area (Å²) in [5, 5.41) is 7.43. The van der Waals surface area contributed by atoms with Gasteiger partial charge in [0.1, 0.15) is 0 Å². The number of benzene rings is 1. The Labute approximate surface area is 161 Å². The van der Waals surface area contributed by atoms with Gasteiger partial charge in [-0.3, -0.25) is 10.1 Å². The first-order valence-corrected chi connectivity index (χ1v) is 9.19. The maximum atomic E-state index is 12.2. The second kappa shape index (κ2) is 9.77. The molecule has 2 N–H and O–H groups in total. The number of methoxy groups -OCH3 is 2. The van der Waals surface area contributed by atoms with Gasteiger partial charge in [0, 0.05) is 17.1 Å². The number of nitrogens with zero attached hydrogens (tertiary/aromatic N) is 1. The van der Waals surface area contributed by atoms with Crippen LogP contribution in [0.15, 0.2) is 23.6 Å². The highest BCUT2D eigenvalue weighted by Crippen LogP contribution is 2.29. The van der Waals surface area contributed by atoms with Crippen molar-refractivity contribution in [3.63, 3.8) is 0 Å². The lowest BCUT2D eigenvalue weighted by molar-refractivity contribution is -0.115. The fraction of sp³-hybridized carbons (Fsp3) is 0.389. The summed E-state index contributed by atoms with van der Waals surface area (Å²) in [6.45, 7) is 4.23. The van der Waals surface area contributed by atoms with E-state index in [4.69, 9.17) is 14.2 Å². The van der Waals surface area contributed by atoms with Gasteiger partial charge >= 0.3 is 6.09 Å². The van der Waals surface area contributed by atoms with Gasteiger partial charge in [0.15, 0.2) is 16.6 Å². The summed E-state index contributed by atoms with van der Waals surface area (Å²) in [6.07, 6.45) is -0.479. The van der Waals surface area contributed by atoms with E-state index in [-0.39, 0.29) is 18.2 Å². The average Bonchev–Trinajstić information content (AvgIpc) is 3.06. The van der Waals surface area contributed by atoms with Gasteiger partial charge in [0.05, 0.1) is 32.9 Å². The minimum atomic E-state index is -0.556. The summed E-state index contributed by atoms with van der Waals surface area (Å²) in [4.78, 5) is 28.1. The first-order valence-electron chi connectivity index (χ1n) is 8.31. The molecule has 0 atom stereocenters. The minimum Gasteiger partial charge on any atom is -0.493 e. The van der Waals surface area contributed by atoms with Gasteiger partial charge in [0.25, 0.3) is 0 Å². The number of thiazole rings is 1. The van der Waals surface area contributed by atoms with Crippen LogP contribution in [0.25, 0.3) is 0 Å². The van der Waals surface area contributed by atoms with Crippen LogP contribution < -0.4 is 20.1 Å². The summed E-state index contributed by atoms with van der Waals surface area (Å²) in [5.74, 6) is 1.12. The van der Waals surface area contributed by atoms with Crippen molar-refractivity contribution >= 4 is 34.2 Å². The number of nitrogens with one attached hydrogen (secondary N) is 2. The molecule has 0 bridgehead atoms. The van der Waals surface area contributed by atoms with Crippen molar-refractivity contribution in [3.05, 3.63) is 29.3 Å². The van der Waals surface area contributed by atoms with Crippen molar-refractivity contribution in [1.82, 2.24) is 4.98 Å². The first-order chi connectivity index (χ1) is 12.9. The average molecular weight is 393 g/mol. The predicted octanol–water partition coefficient (Wildman–Crippen LogP) is 3.55. The fourth-order valence-corrected chi connectivity index (χ4v) is 2.79. The van der Waals surface area contributed by atoms with Gasteiger partial charge in [-0.05, 0) is 18.1 Å². The SMILES string of the molecule is COc1ccc(NC(=O)Cc2csc(NC(=O)OCC(C)C)n2)cc1OC. The Hall–Kier alpha value is -2.81. The molecule has 2 rings (SSSR count). The van der Waals surface area contributed by atoms with Crippen LogP contribution in [0, 0.1) is 5.92 Å². The zero-order valence-corrected chi connectivity index (χ0v) is 16.5. The molecule has 8 nitrogen and oxygen atoms in total. The number of aromatic nitrogens is 1. The van der Waals surface area contributed by atoms with E-state index in [1.807, 2.05) is 13.8 Å². The highest BCUT2D eigenvalue weighted by atomic mass is 32.1. The molecule has 146 valence electrons. The van der Waals surface area contributed by atoms with Crippen molar-refractivity contribution in [3.8, 4) is 11.5 Å². The van der Waals surface area contributed by atoms with E-state index >= 15 is 0 Å². The molecule has 0 unspecified atom stereocenters. The maximum absolute atomic E-state index is 12.2. The Morgan fingerprint density at radius 1 is 1.15 bits per heavy atom. The number of amides is 2. The molecule has 0 spiro atoms. The standard InChI is InChI=1S/C18H23N3O5S/c1-11(2)9-26-18(23)21-17-20-13(10-27-17)8-16(22)19-12-5-6-14(24-3)15(7-12)25-4/h5-7,10-11H,8-9H2,1-4H3,(H,19,22)(H,20,21,23). The van der Waals surface area contributed by atoms with E-state index in [9.17, 15) is 9.59 Å². The van der Waals surface area contributed by atoms with E-state index in [1.165, 1.54) is 18.4 Å². The third-order valence-electron chi connectivity index (χ3n) is 3.32. The highest BCUT2D eigenvalue weighted by molar-refractivity contribution is 7.13. The molecule has 27 heavy (non-hydrogen) atoms. The Kier molecular flexibility index (Phi) is 7.42. The zero-order valence-electron chi connectivity index (χ0n) is 15.7. The fourth-order valence-electron chi connectivity index (χ4n) is 2.09. The van der Waals surface area contributed by atoms with Crippen LogP contribution in [-0.2, 0) is 16.0 Å². The van der Waals surface area contributed by atoms with Crippen molar-refractivity contribution in [2.24, 2.45) is 5.92 Å². The molecule has 1 aromatic carbocycles. The molecular formula is C18H23N3O5S. The lowest BCUT2D eigenvalue weighted by Crippen LogP contribution is -2.17. The van der Waals surface area contributed by atoms with Crippen molar-refractivity contribution in [2.75, 3.05) is 31.5 Å². The molecule has 0 aliphatic heterocycles. The highest BCUT2D eigenvalue weighted by Gasteiger charge is 2.12. The van der Waals surface area contributed by atoms with Crippen LogP contribution in [0.2, 0.25) is 0 Å². The van der Waals surface area contributed by atoms with Crippen LogP contribution in [0.1, 0.15) is 19.5 Å². The summed E-state index contributed by atoms with van der Waals surface area (Å²) >= 11 is 1.23. The quantitative estimate of drug-likeness (QED) is 0.712. The van der Waals surface area contributed by atoms with Gasteiger partial charge in [0.2, 0.25) is 5.91 Å². The topological polar surface area (TPSA) is 98.8 Å². The van der Waals surface area contributed by atoms with Gasteiger partial charge in [-0.1, -0.05) is 13.8 Å². The zero-order chi connectivity index (χ0) is 19.8. The van der Waals surface area contributed by atoms with Gasteiger partial charge in [-0.2, -0.15) is 0 Å².